The Hall–Kier alpha value is -1.95. The highest BCUT2D eigenvalue weighted by molar-refractivity contribution is 6.30. The maximum absolute atomic E-state index is 12.2. The molecule has 0 radical (unpaired) electrons. The van der Waals surface area contributed by atoms with E-state index >= 15 is 0 Å². The van der Waals surface area contributed by atoms with Gasteiger partial charge in [-0.15, -0.1) is 0 Å². The lowest BCUT2D eigenvalue weighted by molar-refractivity contribution is 0.0785. The Morgan fingerprint density at radius 3 is 3.05 bits per heavy atom. The Bertz CT molecular complexity index is 605. The van der Waals surface area contributed by atoms with E-state index in [1.807, 2.05) is 0 Å². The quantitative estimate of drug-likeness (QED) is 0.780. The number of hydrogen-bond acceptors (Lipinski definition) is 3. The molecule has 1 aliphatic rings. The molecule has 100 valence electrons. The summed E-state index contributed by atoms with van der Waals surface area (Å²) in [6, 6.07) is 1.64. The van der Waals surface area contributed by atoms with Crippen molar-refractivity contribution < 1.29 is 4.79 Å². The van der Waals surface area contributed by atoms with Gasteiger partial charge in [-0.3, -0.25) is 9.89 Å². The first-order chi connectivity index (χ1) is 9.15. The number of nitrogens with zero attached hydrogens (tertiary/aromatic N) is 2. The normalized spacial score (nSPS) is 19.0. The van der Waals surface area contributed by atoms with Gasteiger partial charge in [-0.2, -0.15) is 5.10 Å². The minimum Gasteiger partial charge on any atom is -0.396 e. The SMILES string of the molecule is Nc1cn[nH]c1C1CCN(C(=O)c2cc(Cl)c[nH]2)C1. The first-order valence-electron chi connectivity index (χ1n) is 6.07. The zero-order chi connectivity index (χ0) is 13.4. The molecule has 7 heteroatoms. The molecule has 0 saturated carbocycles. The van der Waals surface area contributed by atoms with Crippen LogP contribution in [0.4, 0.5) is 5.69 Å². The lowest BCUT2D eigenvalue weighted by Crippen LogP contribution is -2.28. The van der Waals surface area contributed by atoms with E-state index in [1.54, 1.807) is 23.4 Å². The molecule has 6 nitrogen and oxygen atoms in total. The summed E-state index contributed by atoms with van der Waals surface area (Å²) >= 11 is 5.81. The molecule has 1 fully saturated rings. The molecule has 3 heterocycles. The van der Waals surface area contributed by atoms with E-state index in [-0.39, 0.29) is 11.8 Å². The van der Waals surface area contributed by atoms with E-state index in [9.17, 15) is 4.79 Å². The van der Waals surface area contributed by atoms with Crippen molar-refractivity contribution in [2.24, 2.45) is 0 Å². The molecule has 1 saturated heterocycles. The number of anilines is 1. The zero-order valence-electron chi connectivity index (χ0n) is 10.2. The summed E-state index contributed by atoms with van der Waals surface area (Å²) in [7, 11) is 0. The van der Waals surface area contributed by atoms with Gasteiger partial charge >= 0.3 is 0 Å². The average molecular weight is 280 g/mol. The molecule has 4 N–H and O–H groups in total. The molecule has 0 spiro atoms. The second kappa shape index (κ2) is 4.62. The number of nitrogens with two attached hydrogens (primary N) is 1. The predicted octanol–water partition coefficient (Wildman–Crippen LogP) is 1.60. The molecule has 1 aliphatic heterocycles. The number of halogens is 1. The van der Waals surface area contributed by atoms with Crippen molar-refractivity contribution in [1.29, 1.82) is 0 Å². The summed E-state index contributed by atoms with van der Waals surface area (Å²) in [6.45, 7) is 1.35. The van der Waals surface area contributed by atoms with Gasteiger partial charge in [0.2, 0.25) is 0 Å². The minimum absolute atomic E-state index is 0.0347. The van der Waals surface area contributed by atoms with Crippen LogP contribution in [0.1, 0.15) is 28.5 Å². The summed E-state index contributed by atoms with van der Waals surface area (Å²) in [5.74, 6) is 0.185. The summed E-state index contributed by atoms with van der Waals surface area (Å²) in [5, 5.41) is 7.37. The molecule has 0 aliphatic carbocycles. The number of likely N-dealkylation sites (tertiary alicyclic amines) is 1. The highest BCUT2D eigenvalue weighted by atomic mass is 35.5. The van der Waals surface area contributed by atoms with Crippen molar-refractivity contribution in [3.63, 3.8) is 0 Å². The number of amides is 1. The van der Waals surface area contributed by atoms with Crippen LogP contribution < -0.4 is 5.73 Å². The van der Waals surface area contributed by atoms with Gasteiger partial charge in [0.1, 0.15) is 5.69 Å². The fourth-order valence-corrected chi connectivity index (χ4v) is 2.64. The van der Waals surface area contributed by atoms with Gasteiger partial charge in [0.25, 0.3) is 5.91 Å². The van der Waals surface area contributed by atoms with Crippen LogP contribution in [0, 0.1) is 0 Å². The predicted molar refractivity (Wildman–Crippen MR) is 72.1 cm³/mol. The maximum Gasteiger partial charge on any atom is 0.270 e. The van der Waals surface area contributed by atoms with Crippen molar-refractivity contribution in [3.8, 4) is 0 Å². The van der Waals surface area contributed by atoms with Crippen LogP contribution in [0.3, 0.4) is 0 Å². The van der Waals surface area contributed by atoms with Crippen molar-refractivity contribution in [2.45, 2.75) is 12.3 Å². The number of hydrogen-bond donors (Lipinski definition) is 3. The maximum atomic E-state index is 12.2. The highest BCUT2D eigenvalue weighted by Gasteiger charge is 2.30. The van der Waals surface area contributed by atoms with Crippen molar-refractivity contribution in [1.82, 2.24) is 20.1 Å². The van der Waals surface area contributed by atoms with Crippen LogP contribution >= 0.6 is 11.6 Å². The molecule has 1 amide bonds. The van der Waals surface area contributed by atoms with Crippen LogP contribution in [0.25, 0.3) is 0 Å². The van der Waals surface area contributed by atoms with Gasteiger partial charge in [0.15, 0.2) is 0 Å². The van der Waals surface area contributed by atoms with E-state index in [1.165, 1.54) is 0 Å². The van der Waals surface area contributed by atoms with Gasteiger partial charge < -0.3 is 15.6 Å². The first kappa shape index (κ1) is 12.1. The third-order valence-electron chi connectivity index (χ3n) is 3.46. The second-order valence-corrected chi connectivity index (χ2v) is 5.14. The molecule has 2 aromatic rings. The number of nitrogen functional groups attached to an aromatic ring is 1. The van der Waals surface area contributed by atoms with E-state index in [0.717, 1.165) is 12.1 Å². The number of nitrogens with one attached hydrogen (secondary N) is 2. The lowest BCUT2D eigenvalue weighted by Gasteiger charge is -2.15. The monoisotopic (exact) mass is 279 g/mol. The van der Waals surface area contributed by atoms with Crippen molar-refractivity contribution >= 4 is 23.2 Å². The van der Waals surface area contributed by atoms with Gasteiger partial charge in [-0.1, -0.05) is 11.6 Å². The topological polar surface area (TPSA) is 90.8 Å². The Balaban J connectivity index is 1.72. The summed E-state index contributed by atoms with van der Waals surface area (Å²) in [5.41, 5.74) is 7.92. The zero-order valence-corrected chi connectivity index (χ0v) is 10.9. The largest absolute Gasteiger partial charge is 0.396 e. The van der Waals surface area contributed by atoms with Crippen LogP contribution in [0.2, 0.25) is 5.02 Å². The first-order valence-corrected chi connectivity index (χ1v) is 6.45. The summed E-state index contributed by atoms with van der Waals surface area (Å²) < 4.78 is 0. The number of carbonyl (C=O) groups excluding carboxylic acids is 1. The number of aromatic amines is 2. The smallest absolute Gasteiger partial charge is 0.270 e. The van der Waals surface area contributed by atoms with E-state index in [4.69, 9.17) is 17.3 Å². The van der Waals surface area contributed by atoms with Crippen LogP contribution in [0.15, 0.2) is 18.5 Å². The third kappa shape index (κ3) is 2.19. The van der Waals surface area contributed by atoms with Gasteiger partial charge in [0.05, 0.1) is 22.6 Å². The number of aromatic nitrogens is 3. The molecule has 3 rings (SSSR count). The third-order valence-corrected chi connectivity index (χ3v) is 3.68. The lowest BCUT2D eigenvalue weighted by atomic mass is 10.0. The molecular weight excluding hydrogens is 266 g/mol. The molecule has 19 heavy (non-hydrogen) atoms. The fourth-order valence-electron chi connectivity index (χ4n) is 2.47. The van der Waals surface area contributed by atoms with E-state index < -0.39 is 0 Å². The molecule has 1 unspecified atom stereocenters. The van der Waals surface area contributed by atoms with Gasteiger partial charge in [-0.25, -0.2) is 0 Å². The van der Waals surface area contributed by atoms with Gasteiger partial charge in [0, 0.05) is 25.2 Å². The highest BCUT2D eigenvalue weighted by Crippen LogP contribution is 2.29. The average Bonchev–Trinajstić information content (AvgIpc) is 3.08. The number of rotatable bonds is 2. The molecular formula is C12H14ClN5O. The van der Waals surface area contributed by atoms with Crippen molar-refractivity contribution in [3.05, 3.63) is 34.9 Å². The second-order valence-electron chi connectivity index (χ2n) is 4.71. The molecule has 0 aromatic carbocycles. The summed E-state index contributed by atoms with van der Waals surface area (Å²) in [6.07, 6.45) is 4.09. The van der Waals surface area contributed by atoms with Crippen LogP contribution in [0.5, 0.6) is 0 Å². The minimum atomic E-state index is -0.0347. The Morgan fingerprint density at radius 2 is 2.42 bits per heavy atom. The standard InChI is InChI=1S/C12H14ClN5O/c13-8-3-10(15-4-8)12(19)18-2-1-7(6-18)11-9(14)5-16-17-11/h3-5,7,15H,1-2,6,14H2,(H,16,17). The van der Waals surface area contributed by atoms with Gasteiger partial charge in [-0.05, 0) is 12.5 Å². The Morgan fingerprint density at radius 1 is 1.58 bits per heavy atom. The molecule has 2 aromatic heterocycles. The van der Waals surface area contributed by atoms with E-state index in [2.05, 4.69) is 15.2 Å². The number of H-pyrrole nitrogens is 2. The Labute approximate surface area is 114 Å². The van der Waals surface area contributed by atoms with E-state index in [0.29, 0.717) is 29.5 Å². The Kier molecular flexibility index (Phi) is 2.94. The molecule has 0 bridgehead atoms. The van der Waals surface area contributed by atoms with Crippen LogP contribution in [-0.2, 0) is 0 Å². The molecule has 1 atom stereocenters. The number of carbonyl (C=O) groups is 1. The fraction of sp³-hybridized carbons (Fsp3) is 0.333. The van der Waals surface area contributed by atoms with Crippen molar-refractivity contribution in [2.75, 3.05) is 18.8 Å². The summed E-state index contributed by atoms with van der Waals surface area (Å²) in [4.78, 5) is 16.9. The van der Waals surface area contributed by atoms with Crippen LogP contribution in [-0.4, -0.2) is 39.1 Å².